The highest BCUT2D eigenvalue weighted by Gasteiger charge is 2.08. The van der Waals surface area contributed by atoms with Gasteiger partial charge in [-0.2, -0.15) is 4.68 Å². The lowest BCUT2D eigenvalue weighted by Gasteiger charge is -2.09. The molecule has 0 unspecified atom stereocenters. The molecule has 0 radical (unpaired) electrons. The molecule has 0 amide bonds. The maximum absolute atomic E-state index is 12.4. The number of hydrogen-bond donors (Lipinski definition) is 0. The van der Waals surface area contributed by atoms with Gasteiger partial charge in [0, 0.05) is 17.5 Å². The average molecular weight is 363 g/mol. The minimum absolute atomic E-state index is 0.0962. The molecule has 2 aromatic heterocycles. The minimum atomic E-state index is -0.389. The van der Waals surface area contributed by atoms with Crippen molar-refractivity contribution in [3.8, 4) is 5.75 Å². The van der Waals surface area contributed by atoms with Crippen LogP contribution in [0.15, 0.2) is 62.5 Å². The molecule has 0 aliphatic heterocycles. The van der Waals surface area contributed by atoms with Crippen LogP contribution in [0.5, 0.6) is 5.75 Å². The molecule has 136 valence electrons. The highest BCUT2D eigenvalue weighted by molar-refractivity contribution is 5.81. The molecule has 4 rings (SSSR count). The van der Waals surface area contributed by atoms with E-state index < -0.39 is 0 Å². The van der Waals surface area contributed by atoms with Gasteiger partial charge in [-0.05, 0) is 36.2 Å². The van der Waals surface area contributed by atoms with Gasteiger partial charge in [-0.15, -0.1) is 5.10 Å². The summed E-state index contributed by atoms with van der Waals surface area (Å²) in [6.45, 7) is 1.96. The van der Waals surface area contributed by atoms with Crippen molar-refractivity contribution in [2.75, 3.05) is 0 Å². The molecule has 0 aliphatic carbocycles. The van der Waals surface area contributed by atoms with Crippen LogP contribution in [0.1, 0.15) is 18.9 Å². The molecular formula is C20H17N3O4. The summed E-state index contributed by atoms with van der Waals surface area (Å²) >= 11 is 0. The third-order valence-electron chi connectivity index (χ3n) is 4.30. The van der Waals surface area contributed by atoms with Gasteiger partial charge in [0.25, 0.3) is 5.56 Å². The van der Waals surface area contributed by atoms with Crippen LogP contribution in [0.4, 0.5) is 0 Å². The zero-order chi connectivity index (χ0) is 18.8. The molecule has 0 aliphatic rings. The third kappa shape index (κ3) is 3.31. The first-order chi connectivity index (χ1) is 13.2. The van der Waals surface area contributed by atoms with Crippen molar-refractivity contribution in [1.29, 1.82) is 0 Å². The fourth-order valence-corrected chi connectivity index (χ4v) is 3.02. The van der Waals surface area contributed by atoms with Crippen molar-refractivity contribution in [3.05, 3.63) is 74.9 Å². The van der Waals surface area contributed by atoms with Crippen molar-refractivity contribution in [1.82, 2.24) is 15.0 Å². The van der Waals surface area contributed by atoms with Gasteiger partial charge < -0.3 is 9.15 Å². The summed E-state index contributed by atoms with van der Waals surface area (Å²) in [7, 11) is 0. The molecule has 0 N–H and O–H groups in total. The van der Waals surface area contributed by atoms with Crippen molar-refractivity contribution in [2.24, 2.45) is 0 Å². The second-order valence-corrected chi connectivity index (χ2v) is 6.18. The Kier molecular flexibility index (Phi) is 4.42. The predicted molar refractivity (Wildman–Crippen MR) is 101 cm³/mol. The Labute approximate surface area is 153 Å². The predicted octanol–water partition coefficient (Wildman–Crippen LogP) is 2.89. The van der Waals surface area contributed by atoms with Crippen molar-refractivity contribution >= 4 is 21.9 Å². The van der Waals surface area contributed by atoms with Crippen molar-refractivity contribution in [3.63, 3.8) is 0 Å². The van der Waals surface area contributed by atoms with E-state index in [1.54, 1.807) is 36.4 Å². The second-order valence-electron chi connectivity index (χ2n) is 6.18. The minimum Gasteiger partial charge on any atom is -0.471 e. The molecular weight excluding hydrogens is 346 g/mol. The zero-order valence-corrected chi connectivity index (χ0v) is 14.7. The highest BCUT2D eigenvalue weighted by atomic mass is 16.5. The summed E-state index contributed by atoms with van der Waals surface area (Å²) in [4.78, 5) is 24.2. The van der Waals surface area contributed by atoms with Gasteiger partial charge in [0.2, 0.25) is 0 Å². The van der Waals surface area contributed by atoms with Crippen LogP contribution in [0.3, 0.4) is 0 Å². The molecule has 0 fully saturated rings. The maximum atomic E-state index is 12.4. The topological polar surface area (TPSA) is 87.2 Å². The summed E-state index contributed by atoms with van der Waals surface area (Å²) in [5.41, 5.74) is 1.28. The Morgan fingerprint density at radius 1 is 1.07 bits per heavy atom. The lowest BCUT2D eigenvalue weighted by Crippen LogP contribution is -2.26. The Morgan fingerprint density at radius 2 is 1.93 bits per heavy atom. The van der Waals surface area contributed by atoms with E-state index in [1.165, 1.54) is 6.07 Å². The highest BCUT2D eigenvalue weighted by Crippen LogP contribution is 2.23. The van der Waals surface area contributed by atoms with Gasteiger partial charge in [-0.3, -0.25) is 4.79 Å². The molecule has 0 atom stereocenters. The first kappa shape index (κ1) is 17.0. The van der Waals surface area contributed by atoms with Crippen LogP contribution in [0.2, 0.25) is 0 Å². The second kappa shape index (κ2) is 7.03. The van der Waals surface area contributed by atoms with Crippen LogP contribution in [0, 0.1) is 0 Å². The molecule has 27 heavy (non-hydrogen) atoms. The molecule has 2 aromatic carbocycles. The summed E-state index contributed by atoms with van der Waals surface area (Å²) < 4.78 is 12.1. The molecule has 7 heteroatoms. The first-order valence-electron chi connectivity index (χ1n) is 8.68. The quantitative estimate of drug-likeness (QED) is 0.507. The number of rotatable bonds is 5. The van der Waals surface area contributed by atoms with Gasteiger partial charge in [-0.1, -0.05) is 30.7 Å². The van der Waals surface area contributed by atoms with E-state index in [1.807, 2.05) is 6.07 Å². The van der Waals surface area contributed by atoms with Gasteiger partial charge in [-0.25, -0.2) is 4.79 Å². The number of aromatic nitrogens is 3. The Hall–Kier alpha value is -3.48. The monoisotopic (exact) mass is 363 g/mol. The van der Waals surface area contributed by atoms with Crippen LogP contribution in [-0.4, -0.2) is 15.0 Å². The van der Waals surface area contributed by atoms with Crippen LogP contribution >= 0.6 is 0 Å². The standard InChI is InChI=1S/C20H17N3O4/c1-2-5-13-10-19(24)27-18-11-14(8-9-15(13)18)26-12-23-20(25)16-6-3-4-7-17(16)21-22-23/h3-4,6-11H,2,5,12H2,1H3. The molecule has 2 heterocycles. The van der Waals surface area contributed by atoms with Crippen LogP contribution < -0.4 is 15.9 Å². The lowest BCUT2D eigenvalue weighted by atomic mass is 10.1. The smallest absolute Gasteiger partial charge is 0.336 e. The maximum Gasteiger partial charge on any atom is 0.336 e. The van der Waals surface area contributed by atoms with E-state index in [-0.39, 0.29) is 17.9 Å². The Balaban J connectivity index is 1.63. The lowest BCUT2D eigenvalue weighted by molar-refractivity contribution is 0.210. The van der Waals surface area contributed by atoms with Crippen LogP contribution in [-0.2, 0) is 13.2 Å². The fourth-order valence-electron chi connectivity index (χ4n) is 3.02. The summed E-state index contributed by atoms with van der Waals surface area (Å²) in [5.74, 6) is 0.473. The number of nitrogens with zero attached hydrogens (tertiary/aromatic N) is 3. The molecule has 4 aromatic rings. The van der Waals surface area contributed by atoms with E-state index in [2.05, 4.69) is 17.2 Å². The number of ether oxygens (including phenoxy) is 1. The average Bonchev–Trinajstić information content (AvgIpc) is 2.67. The zero-order valence-electron chi connectivity index (χ0n) is 14.7. The summed E-state index contributed by atoms with van der Waals surface area (Å²) in [6.07, 6.45) is 1.73. The van der Waals surface area contributed by atoms with E-state index in [9.17, 15) is 9.59 Å². The number of aryl methyl sites for hydroxylation is 1. The SMILES string of the molecule is CCCc1cc(=O)oc2cc(OCn3nnc4ccccc4c3=O)ccc12. The normalized spacial score (nSPS) is 11.1. The van der Waals surface area contributed by atoms with Crippen molar-refractivity contribution < 1.29 is 9.15 Å². The van der Waals surface area contributed by atoms with E-state index in [4.69, 9.17) is 9.15 Å². The molecule has 0 saturated heterocycles. The molecule has 0 bridgehead atoms. The van der Waals surface area contributed by atoms with E-state index >= 15 is 0 Å². The Morgan fingerprint density at radius 3 is 2.78 bits per heavy atom. The van der Waals surface area contributed by atoms with Crippen LogP contribution in [0.25, 0.3) is 21.9 Å². The first-order valence-corrected chi connectivity index (χ1v) is 8.68. The summed E-state index contributed by atoms with van der Waals surface area (Å²) in [5, 5.41) is 9.27. The van der Waals surface area contributed by atoms with Gasteiger partial charge >= 0.3 is 5.63 Å². The van der Waals surface area contributed by atoms with E-state index in [0.29, 0.717) is 22.2 Å². The largest absolute Gasteiger partial charge is 0.471 e. The summed E-state index contributed by atoms with van der Waals surface area (Å²) in [6, 6.07) is 13.8. The Bertz CT molecular complexity index is 1240. The number of benzene rings is 2. The molecule has 0 spiro atoms. The molecule has 0 saturated carbocycles. The van der Waals surface area contributed by atoms with Gasteiger partial charge in [0.05, 0.1) is 5.39 Å². The van der Waals surface area contributed by atoms with Crippen molar-refractivity contribution in [2.45, 2.75) is 26.5 Å². The van der Waals surface area contributed by atoms with Gasteiger partial charge in [0.1, 0.15) is 16.8 Å². The molecule has 7 nitrogen and oxygen atoms in total. The number of hydrogen-bond acceptors (Lipinski definition) is 6. The van der Waals surface area contributed by atoms with Gasteiger partial charge in [0.15, 0.2) is 6.73 Å². The van der Waals surface area contributed by atoms with E-state index in [0.717, 1.165) is 28.5 Å². The fraction of sp³-hybridized carbons (Fsp3) is 0.200. The third-order valence-corrected chi connectivity index (χ3v) is 4.30. The number of fused-ring (bicyclic) bond motifs is 2.